The summed E-state index contributed by atoms with van der Waals surface area (Å²) >= 11 is 6.73. The van der Waals surface area contributed by atoms with Crippen molar-refractivity contribution in [2.75, 3.05) is 0 Å². The highest BCUT2D eigenvalue weighted by atomic mass is 35.7. The molecule has 12 heavy (non-hydrogen) atoms. The first-order valence-electron chi connectivity index (χ1n) is 4.45. The summed E-state index contributed by atoms with van der Waals surface area (Å²) in [5, 5.41) is 0.420. The van der Waals surface area contributed by atoms with E-state index in [0.717, 1.165) is 0 Å². The minimum atomic E-state index is -1.47. The Balaban J connectivity index is 5.28. The van der Waals surface area contributed by atoms with Crippen molar-refractivity contribution in [1.82, 2.24) is 0 Å². The maximum absolute atomic E-state index is 6.73. The molecule has 0 aliphatic rings. The van der Waals surface area contributed by atoms with E-state index in [4.69, 9.17) is 11.2 Å². The highest BCUT2D eigenvalue weighted by Crippen LogP contribution is 2.71. The van der Waals surface area contributed by atoms with Crippen molar-refractivity contribution in [2.24, 2.45) is 0 Å². The van der Waals surface area contributed by atoms with Crippen molar-refractivity contribution < 1.29 is 0 Å². The molecule has 0 spiro atoms. The standard InChI is InChI=1S/C10H22ClP/c1-8-12(11,9(2,3)4)10(5,6)7/h8H,1-7H3. The molecule has 0 aliphatic carbocycles. The Hall–Kier alpha value is 0.590. The molecule has 0 saturated heterocycles. The van der Waals surface area contributed by atoms with E-state index in [9.17, 15) is 0 Å². The average molecular weight is 209 g/mol. The predicted octanol–water partition coefficient (Wildman–Crippen LogP) is 4.58. The summed E-state index contributed by atoms with van der Waals surface area (Å²) in [6.45, 7) is 15.5. The summed E-state index contributed by atoms with van der Waals surface area (Å²) in [6, 6.07) is 0. The van der Waals surface area contributed by atoms with Gasteiger partial charge in [0, 0.05) is 0 Å². The van der Waals surface area contributed by atoms with E-state index in [1.807, 2.05) is 0 Å². The normalized spacial score (nSPS) is 14.7. The first-order chi connectivity index (χ1) is 5.06. The van der Waals surface area contributed by atoms with Gasteiger partial charge in [-0.05, 0) is 23.5 Å². The fraction of sp³-hybridized carbons (Fsp3) is 0.900. The summed E-state index contributed by atoms with van der Waals surface area (Å²) in [4.78, 5) is 0. The van der Waals surface area contributed by atoms with Crippen LogP contribution in [-0.2, 0) is 0 Å². The number of hydrogen-bond acceptors (Lipinski definition) is 0. The average Bonchev–Trinajstić information content (AvgIpc) is 1.81. The molecule has 2 heteroatoms. The lowest BCUT2D eigenvalue weighted by atomic mass is 10.2. The first kappa shape index (κ1) is 12.6. The molecule has 0 saturated carbocycles. The minimum Gasteiger partial charge on any atom is -0.0970 e. The molecule has 0 rings (SSSR count). The summed E-state index contributed by atoms with van der Waals surface area (Å²) in [5.74, 6) is 2.23. The molecule has 0 aliphatic heterocycles. The van der Waals surface area contributed by atoms with Crippen LogP contribution in [0.25, 0.3) is 0 Å². The summed E-state index contributed by atoms with van der Waals surface area (Å²) in [7, 11) is 0. The van der Waals surface area contributed by atoms with Crippen LogP contribution in [0, 0.1) is 0 Å². The zero-order valence-electron chi connectivity index (χ0n) is 9.40. The van der Waals surface area contributed by atoms with Gasteiger partial charge in [-0.3, -0.25) is 0 Å². The van der Waals surface area contributed by atoms with Crippen LogP contribution in [0.2, 0.25) is 0 Å². The molecular weight excluding hydrogens is 187 g/mol. The Morgan fingerprint density at radius 2 is 1.17 bits per heavy atom. The fourth-order valence-electron chi connectivity index (χ4n) is 1.78. The quantitative estimate of drug-likeness (QED) is 0.512. The monoisotopic (exact) mass is 208 g/mol. The first-order valence-corrected chi connectivity index (χ1v) is 7.21. The predicted molar refractivity (Wildman–Crippen MR) is 64.0 cm³/mol. The van der Waals surface area contributed by atoms with Gasteiger partial charge in [-0.2, -0.15) is 0 Å². The Morgan fingerprint density at radius 1 is 0.917 bits per heavy atom. The van der Waals surface area contributed by atoms with Gasteiger partial charge in [0.15, 0.2) is 0 Å². The van der Waals surface area contributed by atoms with E-state index in [2.05, 4.69) is 54.3 Å². The van der Waals surface area contributed by atoms with Gasteiger partial charge in [-0.15, -0.1) is 0 Å². The topological polar surface area (TPSA) is 0 Å². The van der Waals surface area contributed by atoms with Crippen molar-refractivity contribution in [3.8, 4) is 0 Å². The van der Waals surface area contributed by atoms with Crippen molar-refractivity contribution in [1.29, 1.82) is 0 Å². The molecule has 0 aromatic carbocycles. The summed E-state index contributed by atoms with van der Waals surface area (Å²) in [5.41, 5.74) is 0. The van der Waals surface area contributed by atoms with Gasteiger partial charge in [0.2, 0.25) is 0 Å². The molecule has 0 heterocycles. The lowest BCUT2D eigenvalue weighted by molar-refractivity contribution is 0.716. The second-order valence-corrected chi connectivity index (χ2v) is 11.3. The van der Waals surface area contributed by atoms with Crippen molar-refractivity contribution in [3.05, 3.63) is 0 Å². The maximum atomic E-state index is 6.73. The molecule has 0 aromatic heterocycles. The van der Waals surface area contributed by atoms with E-state index >= 15 is 0 Å². The minimum absolute atomic E-state index is 0.210. The number of halogens is 1. The third-order valence-corrected chi connectivity index (χ3v) is 10.6. The second kappa shape index (κ2) is 3.39. The Labute approximate surface area is 82.5 Å². The van der Waals surface area contributed by atoms with Gasteiger partial charge in [-0.25, -0.2) is 0 Å². The van der Waals surface area contributed by atoms with Gasteiger partial charge in [0.05, 0.1) is 0 Å². The van der Waals surface area contributed by atoms with Crippen LogP contribution in [0.5, 0.6) is 0 Å². The molecule has 74 valence electrons. The molecule has 0 fully saturated rings. The number of hydrogen-bond donors (Lipinski definition) is 0. The van der Waals surface area contributed by atoms with Crippen molar-refractivity contribution in [2.45, 2.75) is 58.8 Å². The molecular formula is C10H22ClP. The van der Waals surface area contributed by atoms with Gasteiger partial charge in [-0.1, -0.05) is 58.6 Å². The zero-order valence-corrected chi connectivity index (χ0v) is 11.1. The van der Waals surface area contributed by atoms with Crippen molar-refractivity contribution >= 4 is 23.3 Å². The zero-order chi connectivity index (χ0) is 10.2. The van der Waals surface area contributed by atoms with E-state index < -0.39 is 6.24 Å². The molecule has 0 radical (unpaired) electrons. The lowest BCUT2D eigenvalue weighted by Crippen LogP contribution is -2.26. The Kier molecular flexibility index (Phi) is 3.55. The SMILES string of the molecule is CC=P(Cl)(C(C)(C)C)C(C)(C)C. The van der Waals surface area contributed by atoms with Gasteiger partial charge < -0.3 is 0 Å². The smallest absolute Gasteiger partial charge is 0.00500 e. The van der Waals surface area contributed by atoms with Crippen LogP contribution in [0.1, 0.15) is 48.5 Å². The van der Waals surface area contributed by atoms with Crippen LogP contribution in [0.15, 0.2) is 0 Å². The second-order valence-electron chi connectivity index (χ2n) is 5.24. The van der Waals surface area contributed by atoms with E-state index in [-0.39, 0.29) is 10.3 Å². The highest BCUT2D eigenvalue weighted by Gasteiger charge is 2.38. The lowest BCUT2D eigenvalue weighted by Gasteiger charge is -2.43. The van der Waals surface area contributed by atoms with Gasteiger partial charge >= 0.3 is 0 Å². The molecule has 0 N–H and O–H groups in total. The Bertz CT molecular complexity index is 185. The van der Waals surface area contributed by atoms with E-state index in [0.29, 0.717) is 0 Å². The highest BCUT2D eigenvalue weighted by molar-refractivity contribution is 7.99. The van der Waals surface area contributed by atoms with Crippen LogP contribution < -0.4 is 0 Å². The molecule has 0 amide bonds. The van der Waals surface area contributed by atoms with Crippen molar-refractivity contribution in [3.63, 3.8) is 0 Å². The molecule has 0 bridgehead atoms. The fourth-order valence-corrected chi connectivity index (χ4v) is 5.34. The van der Waals surface area contributed by atoms with E-state index in [1.54, 1.807) is 0 Å². The molecule has 0 nitrogen and oxygen atoms in total. The van der Waals surface area contributed by atoms with Crippen LogP contribution in [0.4, 0.5) is 0 Å². The van der Waals surface area contributed by atoms with E-state index in [1.165, 1.54) is 0 Å². The third-order valence-electron chi connectivity index (χ3n) is 2.31. The molecule has 0 atom stereocenters. The molecule has 0 unspecified atom stereocenters. The van der Waals surface area contributed by atoms with Gasteiger partial charge in [0.1, 0.15) is 0 Å². The molecule has 0 aromatic rings. The third kappa shape index (κ3) is 2.09. The number of rotatable bonds is 0. The van der Waals surface area contributed by atoms with Crippen LogP contribution in [0.3, 0.4) is 0 Å². The largest absolute Gasteiger partial charge is 0.0970 e. The summed E-state index contributed by atoms with van der Waals surface area (Å²) in [6.07, 6.45) is -1.47. The van der Waals surface area contributed by atoms with Crippen LogP contribution >= 0.6 is 17.5 Å². The maximum Gasteiger partial charge on any atom is -0.00500 e. The van der Waals surface area contributed by atoms with Crippen LogP contribution in [-0.4, -0.2) is 16.1 Å². The summed E-state index contributed by atoms with van der Waals surface area (Å²) < 4.78 is 0. The Morgan fingerprint density at radius 3 is 1.17 bits per heavy atom. The van der Waals surface area contributed by atoms with Gasteiger partial charge in [0.25, 0.3) is 0 Å².